The SMILES string of the molecule is COC(=O)c1ccccc1OCC(=O)c1c(OC)cc(OC)cc1OC. The van der Waals surface area contributed by atoms with Crippen LogP contribution in [0.5, 0.6) is 23.0 Å². The lowest BCUT2D eigenvalue weighted by Crippen LogP contribution is -2.16. The van der Waals surface area contributed by atoms with Crippen molar-refractivity contribution in [3.05, 3.63) is 47.5 Å². The highest BCUT2D eigenvalue weighted by atomic mass is 16.5. The Morgan fingerprint density at radius 2 is 1.46 bits per heavy atom. The highest BCUT2D eigenvalue weighted by Crippen LogP contribution is 2.34. The van der Waals surface area contributed by atoms with E-state index in [0.717, 1.165) is 0 Å². The molecule has 0 aromatic heterocycles. The molecule has 2 rings (SSSR count). The zero-order chi connectivity index (χ0) is 19.1. The quantitative estimate of drug-likeness (QED) is 0.529. The van der Waals surface area contributed by atoms with Crippen molar-refractivity contribution < 1.29 is 33.3 Å². The summed E-state index contributed by atoms with van der Waals surface area (Å²) in [6.45, 7) is -0.312. The van der Waals surface area contributed by atoms with Crippen molar-refractivity contribution in [1.82, 2.24) is 0 Å². The Labute approximate surface area is 151 Å². The summed E-state index contributed by atoms with van der Waals surface area (Å²) < 4.78 is 26.0. The summed E-state index contributed by atoms with van der Waals surface area (Å²) in [7, 11) is 5.66. The van der Waals surface area contributed by atoms with Crippen LogP contribution in [-0.2, 0) is 4.74 Å². The average molecular weight is 360 g/mol. The summed E-state index contributed by atoms with van der Waals surface area (Å²) >= 11 is 0. The molecule has 0 atom stereocenters. The molecule has 0 fully saturated rings. The van der Waals surface area contributed by atoms with Crippen molar-refractivity contribution in [1.29, 1.82) is 0 Å². The van der Waals surface area contributed by atoms with Crippen LogP contribution < -0.4 is 18.9 Å². The Morgan fingerprint density at radius 3 is 2.00 bits per heavy atom. The van der Waals surface area contributed by atoms with Crippen LogP contribution in [0.3, 0.4) is 0 Å². The molecule has 0 unspecified atom stereocenters. The molecule has 0 saturated heterocycles. The molecule has 0 heterocycles. The average Bonchev–Trinajstić information content (AvgIpc) is 2.70. The van der Waals surface area contributed by atoms with Crippen LogP contribution in [0.1, 0.15) is 20.7 Å². The van der Waals surface area contributed by atoms with Gasteiger partial charge in [0.2, 0.25) is 5.78 Å². The highest BCUT2D eigenvalue weighted by molar-refractivity contribution is 6.03. The van der Waals surface area contributed by atoms with Crippen molar-refractivity contribution in [2.24, 2.45) is 0 Å². The summed E-state index contributed by atoms with van der Waals surface area (Å²) in [5.41, 5.74) is 0.461. The third-order valence-corrected chi connectivity index (χ3v) is 3.65. The first kappa shape index (κ1) is 19.1. The van der Waals surface area contributed by atoms with E-state index in [1.807, 2.05) is 0 Å². The van der Waals surface area contributed by atoms with E-state index in [9.17, 15) is 9.59 Å². The maximum Gasteiger partial charge on any atom is 0.341 e. The molecule has 0 amide bonds. The van der Waals surface area contributed by atoms with Gasteiger partial charge in [0.25, 0.3) is 0 Å². The normalized spacial score (nSPS) is 10.0. The molecular formula is C19H20O7. The number of ketones is 1. The van der Waals surface area contributed by atoms with Crippen molar-refractivity contribution in [3.8, 4) is 23.0 Å². The van der Waals surface area contributed by atoms with Crippen LogP contribution in [0.25, 0.3) is 0 Å². The lowest BCUT2D eigenvalue weighted by molar-refractivity contribution is 0.0594. The summed E-state index contributed by atoms with van der Waals surface area (Å²) in [6.07, 6.45) is 0. The molecule has 0 saturated carbocycles. The summed E-state index contributed by atoms with van der Waals surface area (Å²) in [6, 6.07) is 9.68. The van der Waals surface area contributed by atoms with Gasteiger partial charge >= 0.3 is 5.97 Å². The second-order valence-corrected chi connectivity index (χ2v) is 5.11. The van der Waals surface area contributed by atoms with Crippen LogP contribution in [-0.4, -0.2) is 46.8 Å². The van der Waals surface area contributed by atoms with Crippen molar-refractivity contribution >= 4 is 11.8 Å². The summed E-state index contributed by atoms with van der Waals surface area (Å²) in [4.78, 5) is 24.5. The number of benzene rings is 2. The van der Waals surface area contributed by atoms with Gasteiger partial charge in [-0.2, -0.15) is 0 Å². The molecule has 0 bridgehead atoms. The largest absolute Gasteiger partial charge is 0.496 e. The van der Waals surface area contributed by atoms with E-state index in [0.29, 0.717) is 17.2 Å². The Bertz CT molecular complexity index is 773. The first-order valence-corrected chi connectivity index (χ1v) is 7.69. The predicted molar refractivity (Wildman–Crippen MR) is 93.7 cm³/mol. The standard InChI is InChI=1S/C19H20O7/c1-22-12-9-16(23-2)18(17(10-12)24-3)14(20)11-26-15-8-6-5-7-13(15)19(21)25-4/h5-10H,11H2,1-4H3. The highest BCUT2D eigenvalue weighted by Gasteiger charge is 2.22. The molecular weight excluding hydrogens is 340 g/mol. The number of esters is 1. The van der Waals surface area contributed by atoms with Crippen molar-refractivity contribution in [2.45, 2.75) is 0 Å². The molecule has 2 aromatic rings. The lowest BCUT2D eigenvalue weighted by Gasteiger charge is -2.15. The first-order chi connectivity index (χ1) is 12.5. The Morgan fingerprint density at radius 1 is 0.846 bits per heavy atom. The molecule has 26 heavy (non-hydrogen) atoms. The number of para-hydroxylation sites is 1. The number of Topliss-reactive ketones (excluding diaryl/α,β-unsaturated/α-hetero) is 1. The fraction of sp³-hybridized carbons (Fsp3) is 0.263. The number of carbonyl (C=O) groups excluding carboxylic acids is 2. The topological polar surface area (TPSA) is 80.3 Å². The number of hydrogen-bond acceptors (Lipinski definition) is 7. The number of hydrogen-bond donors (Lipinski definition) is 0. The van der Waals surface area contributed by atoms with Crippen LogP contribution in [0.2, 0.25) is 0 Å². The number of methoxy groups -OCH3 is 4. The van der Waals surface area contributed by atoms with E-state index in [4.69, 9.17) is 23.7 Å². The number of carbonyl (C=O) groups is 2. The summed E-state index contributed by atoms with van der Waals surface area (Å²) in [5, 5.41) is 0. The third kappa shape index (κ3) is 4.05. The number of rotatable bonds is 8. The molecule has 0 aliphatic carbocycles. The van der Waals surface area contributed by atoms with Gasteiger partial charge in [-0.05, 0) is 12.1 Å². The summed E-state index contributed by atoms with van der Waals surface area (Å²) in [5.74, 6) is 0.423. The van der Waals surface area contributed by atoms with Crippen molar-refractivity contribution in [2.75, 3.05) is 35.0 Å². The second-order valence-electron chi connectivity index (χ2n) is 5.11. The fourth-order valence-electron chi connectivity index (χ4n) is 2.37. The molecule has 0 radical (unpaired) electrons. The van der Waals surface area contributed by atoms with Gasteiger partial charge in [0.1, 0.15) is 34.1 Å². The van der Waals surface area contributed by atoms with Crippen LogP contribution in [0.4, 0.5) is 0 Å². The maximum atomic E-state index is 12.7. The minimum atomic E-state index is -0.548. The van der Waals surface area contributed by atoms with Gasteiger partial charge in [-0.25, -0.2) is 4.79 Å². The Balaban J connectivity index is 2.28. The zero-order valence-electron chi connectivity index (χ0n) is 15.0. The molecule has 7 heteroatoms. The van der Waals surface area contributed by atoms with Crippen molar-refractivity contribution in [3.63, 3.8) is 0 Å². The van der Waals surface area contributed by atoms with E-state index in [1.54, 1.807) is 36.4 Å². The molecule has 0 aliphatic rings. The Kier molecular flexibility index (Phi) is 6.43. The molecule has 2 aromatic carbocycles. The number of ether oxygens (including phenoxy) is 5. The van der Waals surface area contributed by atoms with Crippen LogP contribution >= 0.6 is 0 Å². The Hall–Kier alpha value is -3.22. The second kappa shape index (κ2) is 8.75. The van der Waals surface area contributed by atoms with Gasteiger partial charge in [0.15, 0.2) is 6.61 Å². The molecule has 0 N–H and O–H groups in total. The van der Waals surface area contributed by atoms with E-state index < -0.39 is 5.97 Å². The van der Waals surface area contributed by atoms with Crippen LogP contribution in [0, 0.1) is 0 Å². The van der Waals surface area contributed by atoms with Gasteiger partial charge in [0, 0.05) is 12.1 Å². The minimum absolute atomic E-state index is 0.228. The van der Waals surface area contributed by atoms with Gasteiger partial charge < -0.3 is 23.7 Å². The third-order valence-electron chi connectivity index (χ3n) is 3.65. The predicted octanol–water partition coefficient (Wildman–Crippen LogP) is 2.76. The molecule has 0 aliphatic heterocycles. The monoisotopic (exact) mass is 360 g/mol. The molecule has 0 spiro atoms. The van der Waals surface area contributed by atoms with E-state index in [1.165, 1.54) is 28.4 Å². The molecule has 7 nitrogen and oxygen atoms in total. The smallest absolute Gasteiger partial charge is 0.341 e. The lowest BCUT2D eigenvalue weighted by atomic mass is 10.1. The fourth-order valence-corrected chi connectivity index (χ4v) is 2.37. The van der Waals surface area contributed by atoms with E-state index in [-0.39, 0.29) is 29.3 Å². The van der Waals surface area contributed by atoms with Gasteiger partial charge in [-0.1, -0.05) is 12.1 Å². The van der Waals surface area contributed by atoms with Crippen LogP contribution in [0.15, 0.2) is 36.4 Å². The van der Waals surface area contributed by atoms with E-state index in [2.05, 4.69) is 0 Å². The minimum Gasteiger partial charge on any atom is -0.496 e. The van der Waals surface area contributed by atoms with Gasteiger partial charge in [-0.15, -0.1) is 0 Å². The first-order valence-electron chi connectivity index (χ1n) is 7.69. The van der Waals surface area contributed by atoms with Gasteiger partial charge in [-0.3, -0.25) is 4.79 Å². The van der Waals surface area contributed by atoms with E-state index >= 15 is 0 Å². The maximum absolute atomic E-state index is 12.7. The van der Waals surface area contributed by atoms with Gasteiger partial charge in [0.05, 0.1) is 28.4 Å². The zero-order valence-corrected chi connectivity index (χ0v) is 15.0. The molecule has 138 valence electrons.